The summed E-state index contributed by atoms with van der Waals surface area (Å²) in [5, 5.41) is 10.6. The SMILES string of the molecule is COc1cccc([C@@H]2C[C@@H](C)CN2c2nnc(-c3ccccn3)s2)c1. The molecule has 1 aromatic carbocycles. The number of aromatic nitrogens is 3. The normalized spacial score (nSPS) is 20.0. The Morgan fingerprint density at radius 3 is 2.88 bits per heavy atom. The van der Waals surface area contributed by atoms with Gasteiger partial charge in [0, 0.05) is 12.7 Å². The Hall–Kier alpha value is -2.47. The highest BCUT2D eigenvalue weighted by molar-refractivity contribution is 7.18. The maximum absolute atomic E-state index is 5.39. The predicted octanol–water partition coefficient (Wildman–Crippen LogP) is 4.20. The van der Waals surface area contributed by atoms with Crippen LogP contribution in [0.1, 0.15) is 24.9 Å². The summed E-state index contributed by atoms with van der Waals surface area (Å²) in [6, 6.07) is 14.5. The highest BCUT2D eigenvalue weighted by Crippen LogP contribution is 2.41. The molecular weight excluding hydrogens is 332 g/mol. The van der Waals surface area contributed by atoms with Crippen molar-refractivity contribution in [3.05, 3.63) is 54.2 Å². The summed E-state index contributed by atoms with van der Waals surface area (Å²) >= 11 is 1.60. The molecule has 0 saturated carbocycles. The molecule has 25 heavy (non-hydrogen) atoms. The van der Waals surface area contributed by atoms with Crippen LogP contribution in [0.3, 0.4) is 0 Å². The van der Waals surface area contributed by atoms with E-state index in [0.717, 1.165) is 34.5 Å². The number of methoxy groups -OCH3 is 1. The van der Waals surface area contributed by atoms with Crippen LogP contribution < -0.4 is 9.64 Å². The standard InChI is InChI=1S/C19H20N4OS/c1-13-10-17(14-6-5-7-15(11-14)24-2)23(12-13)19-22-21-18(25-19)16-8-3-4-9-20-16/h3-9,11,13,17H,10,12H2,1-2H3/t13-,17+/m1/s1. The summed E-state index contributed by atoms with van der Waals surface area (Å²) in [4.78, 5) is 6.74. The highest BCUT2D eigenvalue weighted by Gasteiger charge is 2.33. The summed E-state index contributed by atoms with van der Waals surface area (Å²) in [6.07, 6.45) is 2.89. The third-order valence-corrected chi connectivity index (χ3v) is 5.52. The van der Waals surface area contributed by atoms with Crippen LogP contribution in [0.2, 0.25) is 0 Å². The average molecular weight is 352 g/mol. The van der Waals surface area contributed by atoms with Crippen molar-refractivity contribution in [3.8, 4) is 16.5 Å². The van der Waals surface area contributed by atoms with Crippen LogP contribution in [0.4, 0.5) is 5.13 Å². The zero-order chi connectivity index (χ0) is 17.2. The van der Waals surface area contributed by atoms with Crippen LogP contribution in [0, 0.1) is 5.92 Å². The van der Waals surface area contributed by atoms with Crippen molar-refractivity contribution < 1.29 is 4.74 Å². The zero-order valence-electron chi connectivity index (χ0n) is 14.3. The van der Waals surface area contributed by atoms with E-state index in [1.54, 1.807) is 24.6 Å². The van der Waals surface area contributed by atoms with Crippen molar-refractivity contribution >= 4 is 16.5 Å². The summed E-state index contributed by atoms with van der Waals surface area (Å²) in [5.41, 5.74) is 2.13. The van der Waals surface area contributed by atoms with Gasteiger partial charge in [-0.15, -0.1) is 10.2 Å². The Kier molecular flexibility index (Phi) is 4.36. The smallest absolute Gasteiger partial charge is 0.209 e. The number of anilines is 1. The number of rotatable bonds is 4. The van der Waals surface area contributed by atoms with Crippen molar-refractivity contribution in [2.45, 2.75) is 19.4 Å². The van der Waals surface area contributed by atoms with Gasteiger partial charge in [0.1, 0.15) is 11.4 Å². The molecule has 0 N–H and O–H groups in total. The topological polar surface area (TPSA) is 51.1 Å². The van der Waals surface area contributed by atoms with Gasteiger partial charge in [-0.1, -0.05) is 36.5 Å². The van der Waals surface area contributed by atoms with Crippen LogP contribution in [0.25, 0.3) is 10.7 Å². The molecule has 0 unspecified atom stereocenters. The first kappa shape index (κ1) is 16.0. The molecule has 6 heteroatoms. The molecule has 0 aliphatic carbocycles. The molecule has 128 valence electrons. The van der Waals surface area contributed by atoms with E-state index in [1.807, 2.05) is 24.3 Å². The van der Waals surface area contributed by atoms with E-state index in [4.69, 9.17) is 4.74 Å². The molecule has 3 heterocycles. The molecule has 2 atom stereocenters. The van der Waals surface area contributed by atoms with E-state index in [-0.39, 0.29) is 0 Å². The largest absolute Gasteiger partial charge is 0.497 e. The second-order valence-corrected chi connectivity index (χ2v) is 7.35. The molecule has 5 nitrogen and oxygen atoms in total. The minimum Gasteiger partial charge on any atom is -0.497 e. The van der Waals surface area contributed by atoms with Crippen molar-refractivity contribution in [1.82, 2.24) is 15.2 Å². The Bertz CT molecular complexity index is 851. The summed E-state index contributed by atoms with van der Waals surface area (Å²) < 4.78 is 5.39. The minimum atomic E-state index is 0.301. The van der Waals surface area contributed by atoms with Gasteiger partial charge in [-0.2, -0.15) is 0 Å². The number of ether oxygens (including phenoxy) is 1. The van der Waals surface area contributed by atoms with Gasteiger partial charge < -0.3 is 9.64 Å². The monoisotopic (exact) mass is 352 g/mol. The fraction of sp³-hybridized carbons (Fsp3) is 0.316. The molecule has 1 aliphatic rings. The third kappa shape index (κ3) is 3.22. The van der Waals surface area contributed by atoms with Gasteiger partial charge in [0.25, 0.3) is 0 Å². The lowest BCUT2D eigenvalue weighted by molar-refractivity contribution is 0.413. The summed E-state index contributed by atoms with van der Waals surface area (Å²) in [7, 11) is 1.71. The molecule has 3 aromatic rings. The fourth-order valence-corrected chi connectivity index (χ4v) is 4.23. The first-order valence-corrected chi connectivity index (χ1v) is 9.21. The molecule has 1 saturated heterocycles. The lowest BCUT2D eigenvalue weighted by Gasteiger charge is -2.24. The number of pyridine rings is 1. The van der Waals surface area contributed by atoms with E-state index in [9.17, 15) is 0 Å². The second-order valence-electron chi connectivity index (χ2n) is 6.39. The van der Waals surface area contributed by atoms with Crippen LogP contribution in [0.15, 0.2) is 48.7 Å². The first-order valence-electron chi connectivity index (χ1n) is 8.40. The van der Waals surface area contributed by atoms with Crippen LogP contribution >= 0.6 is 11.3 Å². The van der Waals surface area contributed by atoms with Gasteiger partial charge in [-0.25, -0.2) is 0 Å². The van der Waals surface area contributed by atoms with Crippen molar-refractivity contribution in [3.63, 3.8) is 0 Å². The maximum Gasteiger partial charge on any atom is 0.209 e. The first-order chi connectivity index (χ1) is 12.2. The Morgan fingerprint density at radius 2 is 2.08 bits per heavy atom. The second kappa shape index (κ2) is 6.80. The molecule has 2 aromatic heterocycles. The number of nitrogens with zero attached hydrogens (tertiary/aromatic N) is 4. The van der Waals surface area contributed by atoms with Crippen LogP contribution in [0.5, 0.6) is 5.75 Å². The van der Waals surface area contributed by atoms with Crippen LogP contribution in [-0.2, 0) is 0 Å². The summed E-state index contributed by atoms with van der Waals surface area (Å²) in [6.45, 7) is 3.27. The van der Waals surface area contributed by atoms with Gasteiger partial charge in [0.15, 0.2) is 5.01 Å². The highest BCUT2D eigenvalue weighted by atomic mass is 32.1. The fourth-order valence-electron chi connectivity index (χ4n) is 3.35. The van der Waals surface area contributed by atoms with Gasteiger partial charge in [-0.3, -0.25) is 4.98 Å². The van der Waals surface area contributed by atoms with E-state index in [1.165, 1.54) is 5.56 Å². The van der Waals surface area contributed by atoms with E-state index < -0.39 is 0 Å². The third-order valence-electron chi connectivity index (χ3n) is 4.53. The molecule has 0 bridgehead atoms. The lowest BCUT2D eigenvalue weighted by Crippen LogP contribution is -2.23. The van der Waals surface area contributed by atoms with Crippen molar-refractivity contribution in [2.24, 2.45) is 5.92 Å². The van der Waals surface area contributed by atoms with Gasteiger partial charge in [0.2, 0.25) is 5.13 Å². The Balaban J connectivity index is 1.65. The van der Waals surface area contributed by atoms with E-state index in [2.05, 4.69) is 45.2 Å². The Labute approximate surface area is 151 Å². The van der Waals surface area contributed by atoms with Gasteiger partial charge >= 0.3 is 0 Å². The molecule has 0 radical (unpaired) electrons. The number of hydrogen-bond acceptors (Lipinski definition) is 6. The average Bonchev–Trinajstić information content (AvgIpc) is 3.29. The molecule has 1 fully saturated rings. The molecule has 1 aliphatic heterocycles. The molecular formula is C19H20N4OS. The van der Waals surface area contributed by atoms with E-state index in [0.29, 0.717) is 12.0 Å². The molecule has 0 spiro atoms. The van der Waals surface area contributed by atoms with Crippen LogP contribution in [-0.4, -0.2) is 28.8 Å². The van der Waals surface area contributed by atoms with Crippen molar-refractivity contribution in [2.75, 3.05) is 18.6 Å². The zero-order valence-corrected chi connectivity index (χ0v) is 15.1. The Morgan fingerprint density at radius 1 is 1.16 bits per heavy atom. The van der Waals surface area contributed by atoms with E-state index >= 15 is 0 Å². The van der Waals surface area contributed by atoms with Gasteiger partial charge in [0.05, 0.1) is 13.2 Å². The van der Waals surface area contributed by atoms with Gasteiger partial charge in [-0.05, 0) is 42.2 Å². The maximum atomic E-state index is 5.39. The number of hydrogen-bond donors (Lipinski definition) is 0. The summed E-state index contributed by atoms with van der Waals surface area (Å²) in [5.74, 6) is 1.50. The predicted molar refractivity (Wildman–Crippen MR) is 100 cm³/mol. The quantitative estimate of drug-likeness (QED) is 0.704. The molecule has 0 amide bonds. The molecule has 4 rings (SSSR count). The lowest BCUT2D eigenvalue weighted by atomic mass is 10.0. The number of benzene rings is 1. The minimum absolute atomic E-state index is 0.301. The van der Waals surface area contributed by atoms with Crippen molar-refractivity contribution in [1.29, 1.82) is 0 Å².